The Morgan fingerprint density at radius 1 is 1.18 bits per heavy atom. The number of esters is 1. The minimum atomic E-state index is -0.444. The number of para-hydroxylation sites is 1. The van der Waals surface area contributed by atoms with Crippen LogP contribution in [-0.4, -0.2) is 39.7 Å². The summed E-state index contributed by atoms with van der Waals surface area (Å²) >= 11 is 1.58. The molecule has 0 aliphatic carbocycles. The van der Waals surface area contributed by atoms with E-state index in [-0.39, 0.29) is 12.5 Å². The quantitative estimate of drug-likeness (QED) is 0.622. The van der Waals surface area contributed by atoms with E-state index in [2.05, 4.69) is 5.10 Å². The van der Waals surface area contributed by atoms with Gasteiger partial charge in [-0.1, -0.05) is 24.3 Å². The standard InChI is InChI=1S/C21H21N3O3S/c1-2-27-21(26)20-17-14-23(19(25)13-16-9-6-12-28-16)11-10-18(17)24(22-20)15-7-4-3-5-8-15/h3-9,12H,2,10-11,13-14H2,1H3. The first-order valence-corrected chi connectivity index (χ1v) is 10.2. The number of thiophene rings is 1. The highest BCUT2D eigenvalue weighted by molar-refractivity contribution is 7.10. The summed E-state index contributed by atoms with van der Waals surface area (Å²) in [5, 5.41) is 6.53. The fourth-order valence-electron chi connectivity index (χ4n) is 3.45. The average molecular weight is 395 g/mol. The van der Waals surface area contributed by atoms with Crippen molar-refractivity contribution >= 4 is 23.2 Å². The third-order valence-electron chi connectivity index (χ3n) is 4.79. The van der Waals surface area contributed by atoms with E-state index in [1.807, 2.05) is 57.4 Å². The molecular weight excluding hydrogens is 374 g/mol. The van der Waals surface area contributed by atoms with Gasteiger partial charge in [0.2, 0.25) is 5.91 Å². The molecule has 1 aliphatic rings. The number of hydrogen-bond acceptors (Lipinski definition) is 5. The second-order valence-electron chi connectivity index (χ2n) is 6.56. The zero-order valence-corrected chi connectivity index (χ0v) is 16.4. The molecule has 3 aromatic rings. The fraction of sp³-hybridized carbons (Fsp3) is 0.286. The van der Waals surface area contributed by atoms with Crippen molar-refractivity contribution in [2.75, 3.05) is 13.2 Å². The maximum absolute atomic E-state index is 12.7. The van der Waals surface area contributed by atoms with Crippen molar-refractivity contribution in [1.29, 1.82) is 0 Å². The monoisotopic (exact) mass is 395 g/mol. The molecule has 1 amide bonds. The molecule has 0 N–H and O–H groups in total. The minimum Gasteiger partial charge on any atom is -0.461 e. The topological polar surface area (TPSA) is 64.4 Å². The third kappa shape index (κ3) is 3.57. The van der Waals surface area contributed by atoms with E-state index in [1.165, 1.54) is 0 Å². The van der Waals surface area contributed by atoms with Crippen molar-refractivity contribution in [2.45, 2.75) is 26.3 Å². The van der Waals surface area contributed by atoms with Crippen molar-refractivity contribution in [3.63, 3.8) is 0 Å². The van der Waals surface area contributed by atoms with Crippen LogP contribution >= 0.6 is 11.3 Å². The minimum absolute atomic E-state index is 0.0652. The molecule has 0 bridgehead atoms. The van der Waals surface area contributed by atoms with Gasteiger partial charge in [-0.2, -0.15) is 5.10 Å². The molecule has 0 saturated heterocycles. The molecule has 0 spiro atoms. The van der Waals surface area contributed by atoms with Crippen molar-refractivity contribution in [2.24, 2.45) is 0 Å². The van der Waals surface area contributed by atoms with Crippen molar-refractivity contribution in [3.8, 4) is 5.69 Å². The molecule has 0 fully saturated rings. The lowest BCUT2D eigenvalue weighted by molar-refractivity contribution is -0.131. The molecule has 1 aromatic carbocycles. The van der Waals surface area contributed by atoms with E-state index in [4.69, 9.17) is 4.74 Å². The van der Waals surface area contributed by atoms with Crippen LogP contribution in [0.1, 0.15) is 33.5 Å². The molecule has 0 radical (unpaired) electrons. The summed E-state index contributed by atoms with van der Waals surface area (Å²) < 4.78 is 7.02. The highest BCUT2D eigenvalue weighted by atomic mass is 32.1. The van der Waals surface area contributed by atoms with Gasteiger partial charge in [-0.25, -0.2) is 9.48 Å². The molecule has 0 atom stereocenters. The van der Waals surface area contributed by atoms with Gasteiger partial charge >= 0.3 is 5.97 Å². The Bertz CT molecular complexity index is 980. The lowest BCUT2D eigenvalue weighted by Gasteiger charge is -2.27. The molecular formula is C21H21N3O3S. The Labute approximate surface area is 167 Å². The number of rotatable bonds is 5. The molecule has 144 valence electrons. The summed E-state index contributed by atoms with van der Waals surface area (Å²) in [5.74, 6) is -0.378. The summed E-state index contributed by atoms with van der Waals surface area (Å²) in [6.07, 6.45) is 1.03. The van der Waals surface area contributed by atoms with Gasteiger partial charge in [0, 0.05) is 30.0 Å². The van der Waals surface area contributed by atoms with Crippen molar-refractivity contribution in [3.05, 3.63) is 69.7 Å². The van der Waals surface area contributed by atoms with Gasteiger partial charge < -0.3 is 9.64 Å². The summed E-state index contributed by atoms with van der Waals surface area (Å²) in [4.78, 5) is 28.1. The highest BCUT2D eigenvalue weighted by Gasteiger charge is 2.31. The van der Waals surface area contributed by atoms with Crippen LogP contribution in [0.3, 0.4) is 0 Å². The number of carbonyl (C=O) groups excluding carboxylic acids is 2. The number of aromatic nitrogens is 2. The van der Waals surface area contributed by atoms with Crippen molar-refractivity contribution in [1.82, 2.24) is 14.7 Å². The number of carbonyl (C=O) groups is 2. The third-order valence-corrected chi connectivity index (χ3v) is 5.66. The number of amides is 1. The second-order valence-corrected chi connectivity index (χ2v) is 7.60. The van der Waals surface area contributed by atoms with Gasteiger partial charge in [0.15, 0.2) is 5.69 Å². The van der Waals surface area contributed by atoms with Crippen LogP contribution in [0, 0.1) is 0 Å². The molecule has 0 unspecified atom stereocenters. The Balaban J connectivity index is 1.66. The summed E-state index contributed by atoms with van der Waals surface area (Å²) in [6, 6.07) is 13.6. The molecule has 1 aliphatic heterocycles. The normalized spacial score (nSPS) is 13.2. The average Bonchev–Trinajstić information content (AvgIpc) is 3.36. The fourth-order valence-corrected chi connectivity index (χ4v) is 4.15. The molecule has 7 heteroatoms. The highest BCUT2D eigenvalue weighted by Crippen LogP contribution is 2.26. The molecule has 6 nitrogen and oxygen atoms in total. The van der Waals surface area contributed by atoms with E-state index in [0.717, 1.165) is 21.8 Å². The van der Waals surface area contributed by atoms with E-state index in [1.54, 1.807) is 18.3 Å². The SMILES string of the molecule is CCOC(=O)c1nn(-c2ccccc2)c2c1CN(C(=O)Cc1cccs1)CC2. The first kappa shape index (κ1) is 18.4. The van der Waals surface area contributed by atoms with E-state index in [9.17, 15) is 9.59 Å². The van der Waals surface area contributed by atoms with Gasteiger partial charge in [-0.05, 0) is 30.5 Å². The molecule has 2 aromatic heterocycles. The van der Waals surface area contributed by atoms with Crippen LogP contribution < -0.4 is 0 Å². The smallest absolute Gasteiger partial charge is 0.359 e. The summed E-state index contributed by atoms with van der Waals surface area (Å²) in [6.45, 7) is 3.04. The van der Waals surface area contributed by atoms with E-state index >= 15 is 0 Å². The van der Waals surface area contributed by atoms with E-state index < -0.39 is 5.97 Å². The zero-order chi connectivity index (χ0) is 19.5. The number of hydrogen-bond donors (Lipinski definition) is 0. The molecule has 0 saturated carbocycles. The summed E-state index contributed by atoms with van der Waals surface area (Å²) in [5.41, 5.74) is 2.95. The van der Waals surface area contributed by atoms with Crippen LogP contribution in [0.5, 0.6) is 0 Å². The van der Waals surface area contributed by atoms with Crippen LogP contribution in [0.15, 0.2) is 47.8 Å². The van der Waals surface area contributed by atoms with Gasteiger partial charge in [0.1, 0.15) is 0 Å². The van der Waals surface area contributed by atoms with E-state index in [0.29, 0.717) is 31.6 Å². The number of nitrogens with zero attached hydrogens (tertiary/aromatic N) is 3. The predicted molar refractivity (Wildman–Crippen MR) is 107 cm³/mol. The second kappa shape index (κ2) is 7.98. The lowest BCUT2D eigenvalue weighted by Crippen LogP contribution is -2.37. The summed E-state index contributed by atoms with van der Waals surface area (Å²) in [7, 11) is 0. The zero-order valence-electron chi connectivity index (χ0n) is 15.6. The van der Waals surface area contributed by atoms with Crippen LogP contribution in [-0.2, 0) is 28.9 Å². The number of ether oxygens (including phenoxy) is 1. The number of fused-ring (bicyclic) bond motifs is 1. The molecule has 28 heavy (non-hydrogen) atoms. The largest absolute Gasteiger partial charge is 0.461 e. The maximum Gasteiger partial charge on any atom is 0.359 e. The van der Waals surface area contributed by atoms with Gasteiger partial charge in [-0.15, -0.1) is 11.3 Å². The van der Waals surface area contributed by atoms with Gasteiger partial charge in [0.05, 0.1) is 24.4 Å². The predicted octanol–water partition coefficient (Wildman–Crippen LogP) is 3.24. The van der Waals surface area contributed by atoms with Crippen LogP contribution in [0.2, 0.25) is 0 Å². The maximum atomic E-state index is 12.7. The Kier molecular flexibility index (Phi) is 5.25. The number of benzene rings is 1. The Morgan fingerprint density at radius 2 is 2.00 bits per heavy atom. The Hall–Kier alpha value is -2.93. The van der Waals surface area contributed by atoms with Gasteiger partial charge in [-0.3, -0.25) is 4.79 Å². The first-order valence-electron chi connectivity index (χ1n) is 9.31. The van der Waals surface area contributed by atoms with Crippen LogP contribution in [0.4, 0.5) is 0 Å². The van der Waals surface area contributed by atoms with Crippen molar-refractivity contribution < 1.29 is 14.3 Å². The molecule has 3 heterocycles. The molecule has 4 rings (SSSR count). The lowest BCUT2D eigenvalue weighted by atomic mass is 10.0. The Morgan fingerprint density at radius 3 is 2.71 bits per heavy atom. The van der Waals surface area contributed by atoms with Crippen LogP contribution in [0.25, 0.3) is 5.69 Å². The first-order chi connectivity index (χ1) is 13.7. The van der Waals surface area contributed by atoms with Gasteiger partial charge in [0.25, 0.3) is 0 Å².